The number of piperidine rings is 1. The molecule has 3 aliphatic heterocycles. The molecule has 0 spiro atoms. The summed E-state index contributed by atoms with van der Waals surface area (Å²) in [6.07, 6.45) is 10.5. The molecule has 0 bridgehead atoms. The minimum Gasteiger partial charge on any atom is -0.472 e. The lowest BCUT2D eigenvalue weighted by molar-refractivity contribution is -0.113. The van der Waals surface area contributed by atoms with Gasteiger partial charge in [0, 0.05) is 43.2 Å². The van der Waals surface area contributed by atoms with Gasteiger partial charge in [0.1, 0.15) is 17.7 Å². The number of aromatic nitrogens is 3. The summed E-state index contributed by atoms with van der Waals surface area (Å²) in [6.45, 7) is 3.60. The van der Waals surface area contributed by atoms with Gasteiger partial charge in [-0.3, -0.25) is 14.5 Å². The Labute approximate surface area is 186 Å². The normalized spacial score (nSPS) is 22.4. The lowest BCUT2D eigenvalue weighted by Gasteiger charge is -2.22. The number of Topliss-reactive ketones (excluding diaryl/α,β-unsaturated/α-hetero) is 1. The zero-order valence-corrected chi connectivity index (χ0v) is 18.0. The van der Waals surface area contributed by atoms with Gasteiger partial charge in [0.05, 0.1) is 24.5 Å². The van der Waals surface area contributed by atoms with Gasteiger partial charge in [0.2, 0.25) is 5.88 Å². The number of nitrogens with zero attached hydrogens (tertiary/aromatic N) is 5. The second-order valence-electron chi connectivity index (χ2n) is 8.14. The van der Waals surface area contributed by atoms with E-state index in [4.69, 9.17) is 16.3 Å². The molecule has 0 radical (unpaired) electrons. The molecule has 8 nitrogen and oxygen atoms in total. The van der Waals surface area contributed by atoms with Crippen molar-refractivity contribution in [2.24, 2.45) is 4.99 Å². The van der Waals surface area contributed by atoms with Crippen LogP contribution < -0.4 is 10.1 Å². The number of aliphatic imine (C=N–C) groups is 1. The number of allylic oxidation sites excluding steroid dienone is 1. The number of dihydropyridines is 1. The summed E-state index contributed by atoms with van der Waals surface area (Å²) in [4.78, 5) is 22.4. The number of carbonyl (C=O) groups excluding carboxylic acids is 1. The molecule has 2 saturated heterocycles. The quantitative estimate of drug-likeness (QED) is 0.768. The van der Waals surface area contributed by atoms with Crippen molar-refractivity contribution in [2.45, 2.75) is 31.4 Å². The van der Waals surface area contributed by atoms with Gasteiger partial charge < -0.3 is 15.0 Å². The van der Waals surface area contributed by atoms with Crippen LogP contribution in [0.4, 0.5) is 0 Å². The SMILES string of the molecule is O=C1CN=CC(N2CC[C@@H](Oc3cc(-c4cnn(C5CCNCC5)c4)ccn3)C2)=C1Cl. The Hall–Kier alpha value is -2.71. The van der Waals surface area contributed by atoms with Crippen LogP contribution in [-0.2, 0) is 4.79 Å². The molecule has 0 aromatic carbocycles. The number of ketones is 1. The van der Waals surface area contributed by atoms with Gasteiger partial charge in [0.15, 0.2) is 5.78 Å². The maximum absolute atomic E-state index is 11.8. The fourth-order valence-corrected chi connectivity index (χ4v) is 4.56. The molecule has 9 heteroatoms. The van der Waals surface area contributed by atoms with Crippen molar-refractivity contribution in [2.75, 3.05) is 32.7 Å². The molecular formula is C22H25ClN6O2. The molecule has 2 aromatic rings. The number of nitrogens with one attached hydrogen (secondary N) is 1. The lowest BCUT2D eigenvalue weighted by atomic mass is 10.1. The Bertz CT molecular complexity index is 1030. The van der Waals surface area contributed by atoms with Crippen molar-refractivity contribution in [1.82, 2.24) is 25.0 Å². The van der Waals surface area contributed by atoms with E-state index in [2.05, 4.69) is 36.2 Å². The molecule has 5 rings (SSSR count). The van der Waals surface area contributed by atoms with Gasteiger partial charge >= 0.3 is 0 Å². The van der Waals surface area contributed by atoms with Crippen LogP contribution in [0, 0.1) is 0 Å². The number of hydrogen-bond acceptors (Lipinski definition) is 7. The number of pyridine rings is 1. The van der Waals surface area contributed by atoms with Crippen molar-refractivity contribution in [1.29, 1.82) is 0 Å². The second-order valence-corrected chi connectivity index (χ2v) is 8.52. The monoisotopic (exact) mass is 440 g/mol. The number of halogens is 1. The minimum atomic E-state index is -0.136. The van der Waals surface area contributed by atoms with Gasteiger partial charge in [0.25, 0.3) is 0 Å². The van der Waals surface area contributed by atoms with Gasteiger partial charge in [-0.15, -0.1) is 0 Å². The molecule has 2 aromatic heterocycles. The highest BCUT2D eigenvalue weighted by atomic mass is 35.5. The molecule has 0 amide bonds. The number of likely N-dealkylation sites (tertiary alicyclic amines) is 1. The standard InChI is InChI=1S/C22H25ClN6O2/c23-22-19(11-25-12-20(22)30)28-8-4-18(14-28)31-21-9-15(1-7-26-21)16-10-27-29(13-16)17-2-5-24-6-3-17/h1,7,9-11,13,17-18,24H,2-6,8,12,14H2/t18-/m1/s1. The van der Waals surface area contributed by atoms with Crippen LogP contribution in [0.25, 0.3) is 11.1 Å². The zero-order valence-electron chi connectivity index (χ0n) is 17.2. The fourth-order valence-electron chi connectivity index (χ4n) is 4.33. The first-order valence-electron chi connectivity index (χ1n) is 10.7. The maximum atomic E-state index is 11.8. The van der Waals surface area contributed by atoms with Crippen molar-refractivity contribution < 1.29 is 9.53 Å². The molecule has 1 N–H and O–H groups in total. The van der Waals surface area contributed by atoms with E-state index in [-0.39, 0.29) is 23.5 Å². The summed E-state index contributed by atoms with van der Waals surface area (Å²) in [5, 5.41) is 8.24. The Balaban J connectivity index is 1.25. The molecule has 162 valence electrons. The van der Waals surface area contributed by atoms with Crippen LogP contribution in [0.15, 0.2) is 46.4 Å². The van der Waals surface area contributed by atoms with Gasteiger partial charge in [-0.1, -0.05) is 11.6 Å². The van der Waals surface area contributed by atoms with E-state index in [0.717, 1.165) is 50.0 Å². The minimum absolute atomic E-state index is 0.0254. The molecule has 0 saturated carbocycles. The van der Waals surface area contributed by atoms with Crippen LogP contribution >= 0.6 is 11.6 Å². The van der Waals surface area contributed by atoms with Crippen LogP contribution in [0.3, 0.4) is 0 Å². The number of hydrogen-bond donors (Lipinski definition) is 1. The molecule has 31 heavy (non-hydrogen) atoms. The summed E-state index contributed by atoms with van der Waals surface area (Å²) in [5.41, 5.74) is 2.79. The zero-order chi connectivity index (χ0) is 21.2. The molecule has 5 heterocycles. The first-order valence-corrected chi connectivity index (χ1v) is 11.1. The molecule has 1 atom stereocenters. The molecular weight excluding hydrogens is 416 g/mol. The third-order valence-corrected chi connectivity index (χ3v) is 6.45. The predicted octanol–water partition coefficient (Wildman–Crippen LogP) is 2.43. The number of carbonyl (C=O) groups is 1. The highest BCUT2D eigenvalue weighted by Crippen LogP contribution is 2.28. The summed E-state index contributed by atoms with van der Waals surface area (Å²) in [7, 11) is 0. The number of ether oxygens (including phenoxy) is 1. The van der Waals surface area contributed by atoms with Crippen molar-refractivity contribution >= 4 is 23.6 Å². The first kappa shape index (κ1) is 20.2. The van der Waals surface area contributed by atoms with Gasteiger partial charge in [-0.05, 0) is 37.6 Å². The van der Waals surface area contributed by atoms with E-state index in [9.17, 15) is 4.79 Å². The van der Waals surface area contributed by atoms with Crippen molar-refractivity contribution in [3.8, 4) is 17.0 Å². The maximum Gasteiger partial charge on any atom is 0.214 e. The van der Waals surface area contributed by atoms with Crippen LogP contribution in [-0.4, -0.2) is 70.5 Å². The molecule has 2 fully saturated rings. The average Bonchev–Trinajstić information content (AvgIpc) is 3.47. The Morgan fingerprint density at radius 3 is 2.94 bits per heavy atom. The average molecular weight is 441 g/mol. The van der Waals surface area contributed by atoms with E-state index in [1.807, 2.05) is 18.3 Å². The third kappa shape index (κ3) is 4.36. The Morgan fingerprint density at radius 1 is 1.19 bits per heavy atom. The largest absolute Gasteiger partial charge is 0.472 e. The van der Waals surface area contributed by atoms with Gasteiger partial charge in [-0.25, -0.2) is 4.98 Å². The van der Waals surface area contributed by atoms with Gasteiger partial charge in [-0.2, -0.15) is 5.10 Å². The molecule has 0 unspecified atom stereocenters. The van der Waals surface area contributed by atoms with Crippen LogP contribution in [0.2, 0.25) is 0 Å². The van der Waals surface area contributed by atoms with Crippen LogP contribution in [0.1, 0.15) is 25.3 Å². The second kappa shape index (κ2) is 8.80. The fraction of sp³-hybridized carbons (Fsp3) is 0.455. The van der Waals surface area contributed by atoms with Crippen molar-refractivity contribution in [3.63, 3.8) is 0 Å². The summed E-state index contributed by atoms with van der Waals surface area (Å²) >= 11 is 6.20. The van der Waals surface area contributed by atoms with E-state index >= 15 is 0 Å². The highest BCUT2D eigenvalue weighted by molar-refractivity contribution is 6.44. The topological polar surface area (TPSA) is 84.6 Å². The smallest absolute Gasteiger partial charge is 0.214 e. The van der Waals surface area contributed by atoms with E-state index in [0.29, 0.717) is 24.2 Å². The summed E-state index contributed by atoms with van der Waals surface area (Å²) in [5.74, 6) is 0.454. The summed E-state index contributed by atoms with van der Waals surface area (Å²) < 4.78 is 8.24. The van der Waals surface area contributed by atoms with Crippen molar-refractivity contribution in [3.05, 3.63) is 41.5 Å². The first-order chi connectivity index (χ1) is 15.2. The van der Waals surface area contributed by atoms with E-state index in [1.165, 1.54) is 0 Å². The highest BCUT2D eigenvalue weighted by Gasteiger charge is 2.29. The molecule has 3 aliphatic rings. The van der Waals surface area contributed by atoms with E-state index < -0.39 is 0 Å². The third-order valence-electron chi connectivity index (χ3n) is 6.04. The van der Waals surface area contributed by atoms with Crippen LogP contribution in [0.5, 0.6) is 5.88 Å². The Morgan fingerprint density at radius 2 is 2.06 bits per heavy atom. The Kier molecular flexibility index (Phi) is 5.74. The van der Waals surface area contributed by atoms with E-state index in [1.54, 1.807) is 12.4 Å². The molecule has 0 aliphatic carbocycles. The lowest BCUT2D eigenvalue weighted by Crippen LogP contribution is -2.29. The number of rotatable bonds is 5. The summed E-state index contributed by atoms with van der Waals surface area (Å²) in [6, 6.07) is 4.39. The predicted molar refractivity (Wildman–Crippen MR) is 118 cm³/mol.